The third-order valence-electron chi connectivity index (χ3n) is 9.67. The highest BCUT2D eigenvalue weighted by molar-refractivity contribution is 6.74. The molecule has 2 aromatic carbocycles. The van der Waals surface area contributed by atoms with E-state index in [4.69, 9.17) is 18.3 Å². The van der Waals surface area contributed by atoms with Crippen LogP contribution in [-0.2, 0) is 26.8 Å². The molecule has 1 fully saturated rings. The van der Waals surface area contributed by atoms with Crippen LogP contribution < -0.4 is 4.74 Å². The van der Waals surface area contributed by atoms with Crippen LogP contribution in [0.2, 0.25) is 36.3 Å². The second-order valence-corrected chi connectivity index (χ2v) is 26.1. The van der Waals surface area contributed by atoms with Crippen molar-refractivity contribution in [2.45, 2.75) is 136 Å². The summed E-state index contributed by atoms with van der Waals surface area (Å²) in [6, 6.07) is 16.6. The number of carbonyl (C=O) groups excluding carboxylic acids is 1. The topological polar surface area (TPSA) is 57.2 Å². The Morgan fingerprint density at radius 2 is 1.39 bits per heavy atom. The Hall–Kier alpha value is -2.14. The lowest BCUT2D eigenvalue weighted by Gasteiger charge is -2.39. The highest BCUT2D eigenvalue weighted by Gasteiger charge is 2.44. The van der Waals surface area contributed by atoms with E-state index in [-0.39, 0.29) is 28.1 Å². The molecular weight excluding hydrogens is 583 g/mol. The number of rotatable bonds is 10. The van der Waals surface area contributed by atoms with Crippen LogP contribution in [0.1, 0.15) is 91.3 Å². The van der Waals surface area contributed by atoms with Crippen molar-refractivity contribution < 1.29 is 23.1 Å². The molecule has 0 bridgehead atoms. The van der Waals surface area contributed by atoms with Gasteiger partial charge in [-0.3, -0.25) is 0 Å². The van der Waals surface area contributed by atoms with Crippen LogP contribution in [0, 0.1) is 0 Å². The zero-order valence-corrected chi connectivity index (χ0v) is 31.8. The number of amides is 1. The Kier molecular flexibility index (Phi) is 11.3. The Labute approximate surface area is 270 Å². The maximum absolute atomic E-state index is 13.5. The SMILES string of the molecule is CC(C)(C)OC(=O)N1CC[C@H](c2cc(CO[Si](C)(C)C(C)(C)C)cc(OCc3ccccc3)c2)[C@H]1CO[Si](C)(C)C(C)(C)C. The van der Waals surface area contributed by atoms with Crippen LogP contribution >= 0.6 is 0 Å². The molecule has 0 aliphatic carbocycles. The third kappa shape index (κ3) is 9.68. The second-order valence-electron chi connectivity index (χ2n) is 16.4. The summed E-state index contributed by atoms with van der Waals surface area (Å²) in [5.41, 5.74) is 2.79. The summed E-state index contributed by atoms with van der Waals surface area (Å²) in [6.45, 7) is 30.5. The molecule has 1 aliphatic heterocycles. The molecule has 0 N–H and O–H groups in total. The molecule has 6 nitrogen and oxygen atoms in total. The standard InChI is InChI=1S/C36H59NO5Si2/c1-34(2,3)42-33(38)37-20-19-31(32(37)26-41-44(12,13)36(7,8)9)29-21-28(25-40-43(10,11)35(4,5)6)22-30(23-29)39-24-27-17-15-14-16-18-27/h14-18,21-23,31-32H,19-20,24-26H2,1-13H3/t31-,32-/m1/s1. The highest BCUT2D eigenvalue weighted by atomic mass is 28.4. The lowest BCUT2D eigenvalue weighted by Crippen LogP contribution is -2.48. The minimum absolute atomic E-state index is 0.0668. The predicted molar refractivity (Wildman–Crippen MR) is 186 cm³/mol. The van der Waals surface area contributed by atoms with Crippen molar-refractivity contribution in [2.24, 2.45) is 0 Å². The van der Waals surface area contributed by atoms with Crippen molar-refractivity contribution in [3.63, 3.8) is 0 Å². The van der Waals surface area contributed by atoms with Crippen LogP contribution in [-0.4, -0.2) is 52.4 Å². The molecule has 8 heteroatoms. The van der Waals surface area contributed by atoms with Gasteiger partial charge in [-0.25, -0.2) is 4.79 Å². The lowest BCUT2D eigenvalue weighted by molar-refractivity contribution is 0.0171. The van der Waals surface area contributed by atoms with Crippen LogP contribution in [0.3, 0.4) is 0 Å². The Balaban J connectivity index is 1.99. The van der Waals surface area contributed by atoms with E-state index in [1.807, 2.05) is 43.9 Å². The van der Waals surface area contributed by atoms with Gasteiger partial charge < -0.3 is 23.2 Å². The molecule has 246 valence electrons. The van der Waals surface area contributed by atoms with E-state index in [9.17, 15) is 4.79 Å². The van der Waals surface area contributed by atoms with Crippen molar-refractivity contribution >= 4 is 22.7 Å². The van der Waals surface area contributed by atoms with E-state index >= 15 is 0 Å². The first-order valence-corrected chi connectivity index (χ1v) is 22.0. The summed E-state index contributed by atoms with van der Waals surface area (Å²) in [4.78, 5) is 15.4. The Morgan fingerprint density at radius 1 is 0.795 bits per heavy atom. The number of carbonyl (C=O) groups is 1. The van der Waals surface area contributed by atoms with E-state index in [1.165, 1.54) is 0 Å². The van der Waals surface area contributed by atoms with E-state index in [0.717, 1.165) is 28.9 Å². The summed E-state index contributed by atoms with van der Waals surface area (Å²) >= 11 is 0. The Bertz CT molecular complexity index is 1240. The Morgan fingerprint density at radius 3 is 1.95 bits per heavy atom. The summed E-state index contributed by atoms with van der Waals surface area (Å²) in [6.07, 6.45) is 0.553. The molecule has 44 heavy (non-hydrogen) atoms. The average Bonchev–Trinajstić information content (AvgIpc) is 3.32. The first-order valence-electron chi connectivity index (χ1n) is 16.2. The largest absolute Gasteiger partial charge is 0.489 e. The zero-order valence-electron chi connectivity index (χ0n) is 29.8. The van der Waals surface area contributed by atoms with E-state index in [2.05, 4.69) is 98.1 Å². The summed E-state index contributed by atoms with van der Waals surface area (Å²) in [5, 5.41) is 0.181. The molecule has 1 amide bonds. The van der Waals surface area contributed by atoms with Gasteiger partial charge in [-0.15, -0.1) is 0 Å². The highest BCUT2D eigenvalue weighted by Crippen LogP contribution is 2.41. The van der Waals surface area contributed by atoms with Crippen molar-refractivity contribution in [3.05, 3.63) is 65.2 Å². The monoisotopic (exact) mass is 641 g/mol. The molecule has 1 heterocycles. The molecule has 0 saturated carbocycles. The van der Waals surface area contributed by atoms with Gasteiger partial charge in [0.2, 0.25) is 0 Å². The number of hydrogen-bond acceptors (Lipinski definition) is 5. The van der Waals surface area contributed by atoms with Gasteiger partial charge in [0, 0.05) is 12.5 Å². The molecule has 2 aromatic rings. The molecule has 0 unspecified atom stereocenters. The average molecular weight is 642 g/mol. The normalized spacial score (nSPS) is 18.4. The maximum atomic E-state index is 13.5. The van der Waals surface area contributed by atoms with E-state index < -0.39 is 22.2 Å². The van der Waals surface area contributed by atoms with E-state index in [0.29, 0.717) is 26.4 Å². The molecule has 0 radical (unpaired) electrons. The molecular formula is C36H59NO5Si2. The van der Waals surface area contributed by atoms with Crippen molar-refractivity contribution in [3.8, 4) is 5.75 Å². The van der Waals surface area contributed by atoms with Gasteiger partial charge in [0.05, 0.1) is 19.3 Å². The van der Waals surface area contributed by atoms with Gasteiger partial charge in [0.1, 0.15) is 18.0 Å². The van der Waals surface area contributed by atoms with Gasteiger partial charge in [-0.05, 0) is 92.3 Å². The van der Waals surface area contributed by atoms with Gasteiger partial charge in [0.25, 0.3) is 0 Å². The molecule has 0 aromatic heterocycles. The number of ether oxygens (including phenoxy) is 2. The first-order chi connectivity index (χ1) is 20.1. The summed E-state index contributed by atoms with van der Waals surface area (Å²) < 4.78 is 25.7. The second kappa shape index (κ2) is 13.7. The van der Waals surface area contributed by atoms with Crippen molar-refractivity contribution in [2.75, 3.05) is 13.2 Å². The fraction of sp³-hybridized carbons (Fsp3) is 0.639. The van der Waals surface area contributed by atoms with Gasteiger partial charge in [-0.1, -0.05) is 77.9 Å². The summed E-state index contributed by atoms with van der Waals surface area (Å²) in [7, 11) is -4.02. The smallest absolute Gasteiger partial charge is 0.410 e. The maximum Gasteiger partial charge on any atom is 0.410 e. The van der Waals surface area contributed by atoms with E-state index in [1.54, 1.807) is 0 Å². The van der Waals surface area contributed by atoms with Crippen LogP contribution in [0.25, 0.3) is 0 Å². The van der Waals surface area contributed by atoms with Crippen LogP contribution in [0.15, 0.2) is 48.5 Å². The molecule has 1 aliphatic rings. The van der Waals surface area contributed by atoms with Gasteiger partial charge in [-0.2, -0.15) is 0 Å². The number of nitrogens with zero attached hydrogens (tertiary/aromatic N) is 1. The third-order valence-corrected chi connectivity index (χ3v) is 18.6. The van der Waals surface area contributed by atoms with Crippen LogP contribution in [0.4, 0.5) is 4.79 Å². The fourth-order valence-corrected chi connectivity index (χ4v) is 6.77. The van der Waals surface area contributed by atoms with Crippen molar-refractivity contribution in [1.82, 2.24) is 4.90 Å². The van der Waals surface area contributed by atoms with Gasteiger partial charge in [0.15, 0.2) is 16.6 Å². The number of benzene rings is 2. The zero-order chi connectivity index (χ0) is 33.1. The van der Waals surface area contributed by atoms with Crippen molar-refractivity contribution in [1.29, 1.82) is 0 Å². The minimum Gasteiger partial charge on any atom is -0.489 e. The minimum atomic E-state index is -2.06. The number of hydrogen-bond donors (Lipinski definition) is 0. The van der Waals surface area contributed by atoms with Gasteiger partial charge >= 0.3 is 6.09 Å². The summed E-state index contributed by atoms with van der Waals surface area (Å²) in [5.74, 6) is 0.902. The molecule has 3 rings (SSSR count). The lowest BCUT2D eigenvalue weighted by atomic mass is 9.90. The molecule has 0 spiro atoms. The fourth-order valence-electron chi connectivity index (χ4n) is 4.79. The predicted octanol–water partition coefficient (Wildman–Crippen LogP) is 9.90. The molecule has 1 saturated heterocycles. The first kappa shape index (κ1) is 36.3. The van der Waals surface area contributed by atoms with Crippen LogP contribution in [0.5, 0.6) is 5.75 Å². The number of likely N-dealkylation sites (tertiary alicyclic amines) is 1. The quantitative estimate of drug-likeness (QED) is 0.242. The molecule has 2 atom stereocenters.